The highest BCUT2D eigenvalue weighted by Crippen LogP contribution is 2.12. The van der Waals surface area contributed by atoms with Crippen molar-refractivity contribution in [3.05, 3.63) is 46.7 Å². The average Bonchev–Trinajstić information content (AvgIpc) is 3.21. The minimum Gasteiger partial charge on any atom is -0.356 e. The predicted octanol–water partition coefficient (Wildman–Crippen LogP) is 3.52. The van der Waals surface area contributed by atoms with Gasteiger partial charge in [-0.1, -0.05) is 12.1 Å². The van der Waals surface area contributed by atoms with Crippen LogP contribution in [0.15, 0.2) is 41.0 Å². The van der Waals surface area contributed by atoms with Crippen molar-refractivity contribution < 1.29 is 0 Å². The van der Waals surface area contributed by atoms with Gasteiger partial charge in [0.2, 0.25) is 0 Å². The number of hydrogen-bond acceptors (Lipinski definition) is 4. The molecule has 0 bridgehead atoms. The summed E-state index contributed by atoms with van der Waals surface area (Å²) in [6.45, 7) is 4.58. The Bertz CT molecular complexity index is 856. The molecule has 3 rings (SSSR count). The molecule has 0 aliphatic carbocycles. The quantitative estimate of drug-likeness (QED) is 0.252. The maximum atomic E-state index is 4.51. The Hall–Kier alpha value is -1.68. The number of hydrogen-bond donors (Lipinski definition) is 1. The number of nitrogens with zero attached hydrogens (tertiary/aromatic N) is 5. The lowest BCUT2D eigenvalue weighted by Crippen LogP contribution is -2.39. The molecule has 0 unspecified atom stereocenters. The molecule has 1 aromatic carbocycles. The molecule has 0 atom stereocenters. The highest BCUT2D eigenvalue weighted by molar-refractivity contribution is 14.0. The van der Waals surface area contributed by atoms with E-state index in [0.717, 1.165) is 48.2 Å². The van der Waals surface area contributed by atoms with Gasteiger partial charge in [0.25, 0.3) is 0 Å². The smallest absolute Gasteiger partial charge is 0.193 e. The summed E-state index contributed by atoms with van der Waals surface area (Å²) in [6.07, 6.45) is 2.92. The molecular weight excluding hydrogens is 459 g/mol. The van der Waals surface area contributed by atoms with E-state index < -0.39 is 0 Å². The third kappa shape index (κ3) is 5.16. The molecule has 0 amide bonds. The van der Waals surface area contributed by atoms with Crippen molar-refractivity contribution in [2.24, 2.45) is 4.99 Å². The summed E-state index contributed by atoms with van der Waals surface area (Å²) in [6, 6.07) is 8.22. The number of aliphatic imine (C=N–C) groups is 1. The van der Waals surface area contributed by atoms with Crippen LogP contribution in [0.2, 0.25) is 0 Å². The Balaban J connectivity index is 0.00000243. The topological polar surface area (TPSA) is 58.3 Å². The van der Waals surface area contributed by atoms with Crippen molar-refractivity contribution in [2.45, 2.75) is 26.4 Å². The van der Waals surface area contributed by atoms with E-state index in [-0.39, 0.29) is 24.0 Å². The summed E-state index contributed by atoms with van der Waals surface area (Å²) in [7, 11) is 3.85. The van der Waals surface area contributed by atoms with E-state index in [1.54, 1.807) is 11.3 Å². The second-order valence-electron chi connectivity index (χ2n) is 5.97. The fraction of sp³-hybridized carbons (Fsp3) is 0.389. The van der Waals surface area contributed by atoms with E-state index >= 15 is 0 Å². The van der Waals surface area contributed by atoms with Crippen LogP contribution in [0, 0.1) is 6.92 Å². The Morgan fingerprint density at radius 3 is 2.88 bits per heavy atom. The summed E-state index contributed by atoms with van der Waals surface area (Å²) >= 11 is 1.68. The molecule has 1 N–H and O–H groups in total. The maximum absolute atomic E-state index is 4.51. The zero-order valence-electron chi connectivity index (χ0n) is 15.3. The van der Waals surface area contributed by atoms with Crippen molar-refractivity contribution in [3.63, 3.8) is 0 Å². The van der Waals surface area contributed by atoms with Crippen molar-refractivity contribution >= 4 is 52.3 Å². The van der Waals surface area contributed by atoms with Crippen LogP contribution in [-0.2, 0) is 13.1 Å². The summed E-state index contributed by atoms with van der Waals surface area (Å²) in [4.78, 5) is 15.4. The largest absolute Gasteiger partial charge is 0.356 e. The number of guanidine groups is 1. The number of halogens is 1. The highest BCUT2D eigenvalue weighted by Gasteiger charge is 2.08. The molecule has 26 heavy (non-hydrogen) atoms. The van der Waals surface area contributed by atoms with Gasteiger partial charge in [0, 0.05) is 32.6 Å². The zero-order chi connectivity index (χ0) is 17.6. The lowest BCUT2D eigenvalue weighted by molar-refractivity contribution is 0.468. The molecule has 0 saturated heterocycles. The Morgan fingerprint density at radius 1 is 1.35 bits per heavy atom. The van der Waals surface area contributed by atoms with Crippen LogP contribution < -0.4 is 5.32 Å². The van der Waals surface area contributed by atoms with Gasteiger partial charge in [-0.05, 0) is 25.5 Å². The van der Waals surface area contributed by atoms with Crippen molar-refractivity contribution in [3.8, 4) is 0 Å². The van der Waals surface area contributed by atoms with Crippen LogP contribution in [0.1, 0.15) is 17.1 Å². The minimum atomic E-state index is 0. The van der Waals surface area contributed by atoms with E-state index in [9.17, 15) is 0 Å². The predicted molar refractivity (Wildman–Crippen MR) is 119 cm³/mol. The molecule has 2 heterocycles. The lowest BCUT2D eigenvalue weighted by atomic mass is 10.3. The van der Waals surface area contributed by atoms with Gasteiger partial charge in [-0.3, -0.25) is 4.99 Å². The van der Waals surface area contributed by atoms with Crippen molar-refractivity contribution in [1.82, 2.24) is 24.8 Å². The molecule has 0 saturated carbocycles. The number of para-hydroxylation sites is 2. The minimum absolute atomic E-state index is 0. The van der Waals surface area contributed by atoms with E-state index in [1.165, 1.54) is 5.52 Å². The fourth-order valence-corrected chi connectivity index (χ4v) is 3.43. The third-order valence-corrected chi connectivity index (χ3v) is 4.85. The fourth-order valence-electron chi connectivity index (χ4n) is 2.82. The number of imidazole rings is 1. The molecule has 0 aliphatic heterocycles. The van der Waals surface area contributed by atoms with Crippen LogP contribution in [0.5, 0.6) is 0 Å². The van der Waals surface area contributed by atoms with E-state index in [0.29, 0.717) is 0 Å². The van der Waals surface area contributed by atoms with Crippen LogP contribution in [0.25, 0.3) is 11.0 Å². The highest BCUT2D eigenvalue weighted by atomic mass is 127. The monoisotopic (exact) mass is 484 g/mol. The van der Waals surface area contributed by atoms with Gasteiger partial charge in [-0.2, -0.15) is 0 Å². The van der Waals surface area contributed by atoms with Crippen molar-refractivity contribution in [2.75, 3.05) is 20.6 Å². The third-order valence-electron chi connectivity index (χ3n) is 4.03. The first-order valence-corrected chi connectivity index (χ1v) is 9.28. The van der Waals surface area contributed by atoms with E-state index in [1.807, 2.05) is 39.5 Å². The number of nitrogens with one attached hydrogen (secondary N) is 1. The molecule has 0 radical (unpaired) electrons. The van der Waals surface area contributed by atoms with Gasteiger partial charge in [0.15, 0.2) is 5.96 Å². The first-order chi connectivity index (χ1) is 12.2. The normalized spacial score (nSPS) is 11.4. The van der Waals surface area contributed by atoms with Gasteiger partial charge in [-0.15, -0.1) is 35.3 Å². The summed E-state index contributed by atoms with van der Waals surface area (Å²) in [5.41, 5.74) is 3.31. The van der Waals surface area contributed by atoms with Crippen LogP contribution in [0.3, 0.4) is 0 Å². The molecule has 0 aliphatic rings. The SMILES string of the molecule is CN=C(NCCCn1cnc2ccccc21)N(C)Cc1csc(C)n1.I. The maximum Gasteiger partial charge on any atom is 0.193 e. The number of rotatable bonds is 6. The van der Waals surface area contributed by atoms with Gasteiger partial charge in [-0.25, -0.2) is 9.97 Å². The summed E-state index contributed by atoms with van der Waals surface area (Å²) in [5, 5.41) is 6.62. The Kier molecular flexibility index (Phi) is 7.83. The van der Waals surface area contributed by atoms with E-state index in [2.05, 4.69) is 47.3 Å². The van der Waals surface area contributed by atoms with Gasteiger partial charge >= 0.3 is 0 Å². The number of benzene rings is 1. The van der Waals surface area contributed by atoms with Crippen LogP contribution in [-0.4, -0.2) is 46.0 Å². The molecular formula is C18H25IN6S. The number of thiazole rings is 1. The van der Waals surface area contributed by atoms with Crippen molar-refractivity contribution in [1.29, 1.82) is 0 Å². The standard InChI is InChI=1S/C18H24N6S.HI/c1-14-22-15(12-25-14)11-23(3)18(19-2)20-9-6-10-24-13-21-16-7-4-5-8-17(16)24;/h4-5,7-8,12-13H,6,9-11H2,1-3H3,(H,19,20);1H. The number of fused-ring (bicyclic) bond motifs is 1. The first-order valence-electron chi connectivity index (χ1n) is 8.40. The molecule has 8 heteroatoms. The molecule has 0 spiro atoms. The molecule has 2 aromatic heterocycles. The summed E-state index contributed by atoms with van der Waals surface area (Å²) in [5.74, 6) is 0.890. The average molecular weight is 484 g/mol. The van der Waals surface area contributed by atoms with Gasteiger partial charge < -0.3 is 14.8 Å². The Morgan fingerprint density at radius 2 is 2.15 bits per heavy atom. The van der Waals surface area contributed by atoms with Gasteiger partial charge in [0.05, 0.1) is 34.6 Å². The molecule has 3 aromatic rings. The summed E-state index contributed by atoms with van der Waals surface area (Å²) < 4.78 is 2.20. The molecule has 0 fully saturated rings. The number of aromatic nitrogens is 3. The van der Waals surface area contributed by atoms with E-state index in [4.69, 9.17) is 0 Å². The second-order valence-corrected chi connectivity index (χ2v) is 7.03. The van der Waals surface area contributed by atoms with Crippen LogP contribution in [0.4, 0.5) is 0 Å². The first kappa shape index (κ1) is 20.6. The lowest BCUT2D eigenvalue weighted by Gasteiger charge is -2.21. The Labute approximate surface area is 175 Å². The van der Waals surface area contributed by atoms with Crippen LogP contribution >= 0.6 is 35.3 Å². The second kappa shape index (κ2) is 9.86. The molecule has 140 valence electrons. The van der Waals surface area contributed by atoms with Gasteiger partial charge in [0.1, 0.15) is 0 Å². The molecule has 6 nitrogen and oxygen atoms in total. The zero-order valence-corrected chi connectivity index (χ0v) is 18.5. The number of aryl methyl sites for hydroxylation is 2.